The van der Waals surface area contributed by atoms with Crippen LogP contribution in [0.15, 0.2) is 12.1 Å². The van der Waals surface area contributed by atoms with Crippen LogP contribution in [-0.2, 0) is 0 Å². The molecular weight excluding hydrogens is 158 g/mol. The number of nitrogens with two attached hydrogens (primary N) is 1. The van der Waals surface area contributed by atoms with E-state index in [0.717, 1.165) is 0 Å². The van der Waals surface area contributed by atoms with Crippen molar-refractivity contribution < 1.29 is 14.2 Å². The molecule has 2 N–H and O–H groups in total. The van der Waals surface area contributed by atoms with Gasteiger partial charge in [0.2, 0.25) is 6.79 Å². The second-order valence-electron chi connectivity index (χ2n) is 2.45. The fourth-order valence-electron chi connectivity index (χ4n) is 1.12. The van der Waals surface area contributed by atoms with Crippen LogP contribution in [0, 0.1) is 0 Å². The first-order valence-electron chi connectivity index (χ1n) is 3.54. The Bertz CT molecular complexity index is 311. The van der Waals surface area contributed by atoms with Crippen LogP contribution in [-0.4, -0.2) is 13.9 Å². The third-order valence-electron chi connectivity index (χ3n) is 1.72. The smallest absolute Gasteiger partial charge is 0.231 e. The molecule has 1 aromatic carbocycles. The Morgan fingerprint density at radius 3 is 2.67 bits per heavy atom. The van der Waals surface area contributed by atoms with Crippen molar-refractivity contribution in [3.05, 3.63) is 12.1 Å². The van der Waals surface area contributed by atoms with Crippen molar-refractivity contribution in [3.63, 3.8) is 0 Å². The highest BCUT2D eigenvalue weighted by Gasteiger charge is 2.15. The summed E-state index contributed by atoms with van der Waals surface area (Å²) in [6.07, 6.45) is 0. The van der Waals surface area contributed by atoms with Gasteiger partial charge >= 0.3 is 0 Å². The van der Waals surface area contributed by atoms with Gasteiger partial charge in [-0.1, -0.05) is 0 Å². The maximum atomic E-state index is 5.64. The number of nitrogen functional groups attached to an aromatic ring is 1. The predicted octanol–water partition coefficient (Wildman–Crippen LogP) is 1.01. The summed E-state index contributed by atoms with van der Waals surface area (Å²) < 4.78 is 15.3. The minimum atomic E-state index is 0.252. The summed E-state index contributed by atoms with van der Waals surface area (Å²) >= 11 is 0. The van der Waals surface area contributed by atoms with Gasteiger partial charge in [-0.15, -0.1) is 0 Å². The van der Waals surface area contributed by atoms with E-state index in [2.05, 4.69) is 0 Å². The van der Waals surface area contributed by atoms with Gasteiger partial charge in [0.1, 0.15) is 5.75 Å². The maximum Gasteiger partial charge on any atom is 0.231 e. The van der Waals surface area contributed by atoms with Crippen LogP contribution in [0.3, 0.4) is 0 Å². The number of rotatable bonds is 1. The summed E-state index contributed by atoms with van der Waals surface area (Å²) in [4.78, 5) is 0. The van der Waals surface area contributed by atoms with E-state index in [4.69, 9.17) is 19.9 Å². The van der Waals surface area contributed by atoms with Gasteiger partial charge in [-0.25, -0.2) is 0 Å². The first-order chi connectivity index (χ1) is 5.81. The van der Waals surface area contributed by atoms with E-state index < -0.39 is 0 Å². The minimum Gasteiger partial charge on any atom is -0.494 e. The van der Waals surface area contributed by atoms with E-state index in [1.807, 2.05) is 0 Å². The van der Waals surface area contributed by atoms with Crippen molar-refractivity contribution in [2.24, 2.45) is 0 Å². The number of ether oxygens (including phenoxy) is 3. The molecule has 4 heteroatoms. The molecule has 1 aliphatic heterocycles. The lowest BCUT2D eigenvalue weighted by Gasteiger charge is -2.04. The Hall–Kier alpha value is -1.58. The zero-order valence-corrected chi connectivity index (χ0v) is 6.66. The van der Waals surface area contributed by atoms with Gasteiger partial charge in [0.15, 0.2) is 11.5 Å². The second kappa shape index (κ2) is 2.48. The Labute approximate surface area is 69.8 Å². The van der Waals surface area contributed by atoms with Crippen molar-refractivity contribution in [2.45, 2.75) is 0 Å². The third kappa shape index (κ3) is 0.922. The molecule has 4 nitrogen and oxygen atoms in total. The molecule has 0 saturated heterocycles. The molecule has 0 saturated carbocycles. The van der Waals surface area contributed by atoms with Gasteiger partial charge in [0, 0.05) is 12.1 Å². The van der Waals surface area contributed by atoms with Crippen molar-refractivity contribution >= 4 is 5.69 Å². The number of benzene rings is 1. The molecule has 0 fully saturated rings. The van der Waals surface area contributed by atoms with E-state index in [1.165, 1.54) is 0 Å². The number of fused-ring (bicyclic) bond motifs is 1. The molecule has 1 heterocycles. The molecule has 0 atom stereocenters. The van der Waals surface area contributed by atoms with Gasteiger partial charge in [0.25, 0.3) is 0 Å². The highest BCUT2D eigenvalue weighted by atomic mass is 16.7. The molecule has 1 aliphatic rings. The van der Waals surface area contributed by atoms with Crippen molar-refractivity contribution in [2.75, 3.05) is 19.6 Å². The molecule has 1 aromatic rings. The fourth-order valence-corrected chi connectivity index (χ4v) is 1.12. The summed E-state index contributed by atoms with van der Waals surface area (Å²) in [5.74, 6) is 1.97. The summed E-state index contributed by atoms with van der Waals surface area (Å²) in [6, 6.07) is 3.42. The largest absolute Gasteiger partial charge is 0.494 e. The van der Waals surface area contributed by atoms with Crippen molar-refractivity contribution in [1.82, 2.24) is 0 Å². The van der Waals surface area contributed by atoms with Crippen LogP contribution in [0.2, 0.25) is 0 Å². The molecule has 12 heavy (non-hydrogen) atoms. The monoisotopic (exact) mass is 167 g/mol. The summed E-state index contributed by atoms with van der Waals surface area (Å²) in [5.41, 5.74) is 6.20. The molecule has 0 unspecified atom stereocenters. The summed E-state index contributed by atoms with van der Waals surface area (Å²) in [6.45, 7) is 0.252. The fraction of sp³-hybridized carbons (Fsp3) is 0.250. The average molecular weight is 167 g/mol. The highest BCUT2D eigenvalue weighted by molar-refractivity contribution is 5.62. The molecule has 0 spiro atoms. The van der Waals surface area contributed by atoms with Crippen LogP contribution in [0.25, 0.3) is 0 Å². The normalized spacial score (nSPS) is 13.1. The van der Waals surface area contributed by atoms with E-state index in [1.54, 1.807) is 19.2 Å². The number of methoxy groups -OCH3 is 1. The van der Waals surface area contributed by atoms with Crippen LogP contribution in [0.4, 0.5) is 5.69 Å². The minimum absolute atomic E-state index is 0.252. The Morgan fingerprint density at radius 1 is 1.33 bits per heavy atom. The topological polar surface area (TPSA) is 53.7 Å². The van der Waals surface area contributed by atoms with Crippen LogP contribution in [0.5, 0.6) is 17.2 Å². The second-order valence-corrected chi connectivity index (χ2v) is 2.45. The lowest BCUT2D eigenvalue weighted by atomic mass is 10.2. The third-order valence-corrected chi connectivity index (χ3v) is 1.72. The van der Waals surface area contributed by atoms with E-state index in [9.17, 15) is 0 Å². The van der Waals surface area contributed by atoms with E-state index >= 15 is 0 Å². The van der Waals surface area contributed by atoms with Gasteiger partial charge in [0.05, 0.1) is 12.8 Å². The molecular formula is C8H9NO3. The molecule has 0 aliphatic carbocycles. The number of hydrogen-bond acceptors (Lipinski definition) is 4. The summed E-state index contributed by atoms with van der Waals surface area (Å²) in [5, 5.41) is 0. The van der Waals surface area contributed by atoms with Gasteiger partial charge in [-0.3, -0.25) is 0 Å². The molecule has 0 radical (unpaired) electrons. The van der Waals surface area contributed by atoms with Crippen molar-refractivity contribution in [1.29, 1.82) is 0 Å². The Morgan fingerprint density at radius 2 is 2.00 bits per heavy atom. The first-order valence-corrected chi connectivity index (χ1v) is 3.54. The van der Waals surface area contributed by atoms with Gasteiger partial charge in [-0.05, 0) is 0 Å². The quantitative estimate of drug-likeness (QED) is 0.634. The number of anilines is 1. The summed E-state index contributed by atoms with van der Waals surface area (Å²) in [7, 11) is 1.56. The molecule has 2 rings (SSSR count). The molecule has 0 bridgehead atoms. The maximum absolute atomic E-state index is 5.64. The molecule has 0 amide bonds. The van der Waals surface area contributed by atoms with Gasteiger partial charge < -0.3 is 19.9 Å². The zero-order valence-electron chi connectivity index (χ0n) is 6.66. The predicted molar refractivity (Wildman–Crippen MR) is 43.5 cm³/mol. The standard InChI is InChI=1S/C8H9NO3/c1-10-6-3-8-7(2-5(6)9)11-4-12-8/h2-3H,4,9H2,1H3. The lowest BCUT2D eigenvalue weighted by molar-refractivity contribution is 0.174. The Kier molecular flexibility index (Phi) is 1.46. The van der Waals surface area contributed by atoms with E-state index in [0.29, 0.717) is 22.9 Å². The van der Waals surface area contributed by atoms with Crippen LogP contribution < -0.4 is 19.9 Å². The van der Waals surface area contributed by atoms with E-state index in [-0.39, 0.29) is 6.79 Å². The van der Waals surface area contributed by atoms with Crippen molar-refractivity contribution in [3.8, 4) is 17.2 Å². The SMILES string of the molecule is COc1cc2c(cc1N)OCO2. The van der Waals surface area contributed by atoms with Gasteiger partial charge in [-0.2, -0.15) is 0 Å². The molecule has 64 valence electrons. The number of hydrogen-bond donors (Lipinski definition) is 1. The lowest BCUT2D eigenvalue weighted by Crippen LogP contribution is -1.92. The van der Waals surface area contributed by atoms with Crippen LogP contribution in [0.1, 0.15) is 0 Å². The zero-order chi connectivity index (χ0) is 8.55. The molecule has 0 aromatic heterocycles. The van der Waals surface area contributed by atoms with Crippen LogP contribution >= 0.6 is 0 Å². The first kappa shape index (κ1) is 7.09. The average Bonchev–Trinajstić information content (AvgIpc) is 2.49. The highest BCUT2D eigenvalue weighted by Crippen LogP contribution is 2.39. The Balaban J connectivity index is 2.49.